The summed E-state index contributed by atoms with van der Waals surface area (Å²) in [5.74, 6) is -0.481. The van der Waals surface area contributed by atoms with Gasteiger partial charge in [0.15, 0.2) is 0 Å². The van der Waals surface area contributed by atoms with E-state index in [4.69, 9.17) is 0 Å². The Labute approximate surface area is 180 Å². The summed E-state index contributed by atoms with van der Waals surface area (Å²) >= 11 is 1.31. The number of amides is 2. The van der Waals surface area contributed by atoms with Crippen LogP contribution in [-0.2, 0) is 16.0 Å². The van der Waals surface area contributed by atoms with Crippen molar-refractivity contribution < 1.29 is 9.59 Å². The van der Waals surface area contributed by atoms with Gasteiger partial charge in [-0.15, -0.1) is 10.2 Å². The average Bonchev–Trinajstić information content (AvgIpc) is 3.21. The zero-order valence-corrected chi connectivity index (χ0v) is 18.2. The van der Waals surface area contributed by atoms with Gasteiger partial charge >= 0.3 is 0 Å². The molecular weight excluding hydrogens is 396 g/mol. The lowest BCUT2D eigenvalue weighted by Crippen LogP contribution is -2.48. The molecule has 0 fully saturated rings. The Hall–Kier alpha value is -3.06. The molecule has 30 heavy (non-hydrogen) atoms. The topological polar surface area (TPSA) is 84.0 Å². The summed E-state index contributed by atoms with van der Waals surface area (Å²) in [7, 11) is 0. The van der Waals surface area contributed by atoms with Crippen LogP contribution in [0.15, 0.2) is 54.6 Å². The van der Waals surface area contributed by atoms with E-state index in [9.17, 15) is 9.59 Å². The van der Waals surface area contributed by atoms with Crippen LogP contribution >= 0.6 is 11.3 Å². The lowest BCUT2D eigenvalue weighted by Gasteiger charge is -2.23. The van der Waals surface area contributed by atoms with E-state index < -0.39 is 6.04 Å². The van der Waals surface area contributed by atoms with Crippen LogP contribution in [-0.4, -0.2) is 28.1 Å². The number of anilines is 1. The average molecular weight is 423 g/mol. The number of hydrogen-bond acceptors (Lipinski definition) is 5. The quantitative estimate of drug-likeness (QED) is 0.569. The molecule has 6 nitrogen and oxygen atoms in total. The maximum absolute atomic E-state index is 12.9. The van der Waals surface area contributed by atoms with E-state index in [-0.39, 0.29) is 24.2 Å². The summed E-state index contributed by atoms with van der Waals surface area (Å²) in [5, 5.41) is 15.1. The number of benzene rings is 2. The number of hydrogen-bond donors (Lipinski definition) is 2. The van der Waals surface area contributed by atoms with Crippen LogP contribution in [0.25, 0.3) is 10.6 Å². The van der Waals surface area contributed by atoms with Crippen molar-refractivity contribution in [3.8, 4) is 10.6 Å². The van der Waals surface area contributed by atoms with Gasteiger partial charge in [0.2, 0.25) is 16.9 Å². The highest BCUT2D eigenvalue weighted by molar-refractivity contribution is 7.18. The molecule has 156 valence electrons. The van der Waals surface area contributed by atoms with Crippen LogP contribution in [0.4, 0.5) is 5.13 Å². The molecule has 3 aromatic rings. The smallest absolute Gasteiger partial charge is 0.249 e. The highest BCUT2D eigenvalue weighted by Crippen LogP contribution is 2.26. The van der Waals surface area contributed by atoms with Gasteiger partial charge in [-0.2, -0.15) is 0 Å². The van der Waals surface area contributed by atoms with Crippen molar-refractivity contribution in [3.05, 3.63) is 65.7 Å². The van der Waals surface area contributed by atoms with Crippen molar-refractivity contribution in [3.63, 3.8) is 0 Å². The second-order valence-corrected chi connectivity index (χ2v) is 8.34. The summed E-state index contributed by atoms with van der Waals surface area (Å²) in [4.78, 5) is 25.4. The lowest BCUT2D eigenvalue weighted by atomic mass is 9.98. The van der Waals surface area contributed by atoms with E-state index in [1.807, 2.05) is 75.4 Å². The Bertz CT molecular complexity index is 986. The molecule has 2 amide bonds. The van der Waals surface area contributed by atoms with Gasteiger partial charge in [-0.1, -0.05) is 91.8 Å². The first-order chi connectivity index (χ1) is 14.5. The summed E-state index contributed by atoms with van der Waals surface area (Å²) < 4.78 is 0. The minimum absolute atomic E-state index is 0.0192. The molecule has 0 saturated heterocycles. The maximum atomic E-state index is 12.9. The third-order valence-corrected chi connectivity index (χ3v) is 5.86. The Morgan fingerprint density at radius 3 is 2.40 bits per heavy atom. The van der Waals surface area contributed by atoms with Gasteiger partial charge < -0.3 is 5.32 Å². The van der Waals surface area contributed by atoms with E-state index in [2.05, 4.69) is 20.8 Å². The fourth-order valence-corrected chi connectivity index (χ4v) is 3.73. The molecular formula is C23H26N4O2S. The maximum Gasteiger partial charge on any atom is 0.249 e. The van der Waals surface area contributed by atoms with Gasteiger partial charge in [0.05, 0.1) is 6.42 Å². The van der Waals surface area contributed by atoms with Crippen LogP contribution in [0.3, 0.4) is 0 Å². The summed E-state index contributed by atoms with van der Waals surface area (Å²) in [5.41, 5.74) is 3.03. The van der Waals surface area contributed by atoms with Crippen molar-refractivity contribution in [2.75, 3.05) is 5.32 Å². The fourth-order valence-electron chi connectivity index (χ4n) is 2.98. The lowest BCUT2D eigenvalue weighted by molar-refractivity contribution is -0.127. The second kappa shape index (κ2) is 10.1. The van der Waals surface area contributed by atoms with E-state index >= 15 is 0 Å². The Balaban J connectivity index is 1.66. The number of aromatic nitrogens is 2. The van der Waals surface area contributed by atoms with Gasteiger partial charge in [-0.05, 0) is 18.4 Å². The molecule has 2 aromatic carbocycles. The molecule has 2 atom stereocenters. The highest BCUT2D eigenvalue weighted by atomic mass is 32.1. The molecule has 7 heteroatoms. The van der Waals surface area contributed by atoms with Gasteiger partial charge in [-0.25, -0.2) is 0 Å². The first kappa shape index (κ1) is 21.6. The number of rotatable bonds is 8. The predicted molar refractivity (Wildman–Crippen MR) is 120 cm³/mol. The SMILES string of the molecule is CCC(C)C(NC(=O)Cc1ccccc1)C(=O)Nc1nnc(-c2ccc(C)cc2)s1. The highest BCUT2D eigenvalue weighted by Gasteiger charge is 2.27. The number of aryl methyl sites for hydroxylation is 1. The number of nitrogens with zero attached hydrogens (tertiary/aromatic N) is 2. The van der Waals surface area contributed by atoms with Gasteiger partial charge in [0.1, 0.15) is 11.0 Å². The van der Waals surface area contributed by atoms with Gasteiger partial charge in [-0.3, -0.25) is 14.9 Å². The molecule has 0 bridgehead atoms. The van der Waals surface area contributed by atoms with Crippen LogP contribution < -0.4 is 10.6 Å². The van der Waals surface area contributed by atoms with Crippen molar-refractivity contribution in [1.29, 1.82) is 0 Å². The molecule has 0 aliphatic heterocycles. The van der Waals surface area contributed by atoms with Gasteiger partial charge in [0, 0.05) is 5.56 Å². The van der Waals surface area contributed by atoms with E-state index in [1.165, 1.54) is 16.9 Å². The number of carbonyl (C=O) groups is 2. The molecule has 0 aliphatic carbocycles. The zero-order valence-electron chi connectivity index (χ0n) is 17.4. The first-order valence-corrected chi connectivity index (χ1v) is 10.8. The third kappa shape index (κ3) is 5.73. The van der Waals surface area contributed by atoms with Crippen LogP contribution in [0.5, 0.6) is 0 Å². The van der Waals surface area contributed by atoms with Crippen LogP contribution in [0, 0.1) is 12.8 Å². The summed E-state index contributed by atoms with van der Waals surface area (Å²) in [6.07, 6.45) is 0.992. The second-order valence-electron chi connectivity index (χ2n) is 7.36. The van der Waals surface area contributed by atoms with Crippen molar-refractivity contribution in [2.45, 2.75) is 39.7 Å². The number of carbonyl (C=O) groups excluding carboxylic acids is 2. The van der Waals surface area contributed by atoms with Crippen LogP contribution in [0.2, 0.25) is 0 Å². The zero-order chi connectivity index (χ0) is 21.5. The van der Waals surface area contributed by atoms with Crippen molar-refractivity contribution in [2.24, 2.45) is 5.92 Å². The normalized spacial score (nSPS) is 12.8. The first-order valence-electron chi connectivity index (χ1n) is 10.0. The molecule has 0 saturated carbocycles. The van der Waals surface area contributed by atoms with Crippen molar-refractivity contribution >= 4 is 28.3 Å². The summed E-state index contributed by atoms with van der Waals surface area (Å²) in [6, 6.07) is 16.8. The number of nitrogens with one attached hydrogen (secondary N) is 2. The minimum atomic E-state index is -0.641. The molecule has 1 aromatic heterocycles. The Kier molecular flexibility index (Phi) is 7.30. The largest absolute Gasteiger partial charge is 0.344 e. The molecule has 0 aliphatic rings. The van der Waals surface area contributed by atoms with E-state index in [0.717, 1.165) is 22.6 Å². The van der Waals surface area contributed by atoms with E-state index in [0.29, 0.717) is 5.13 Å². The minimum Gasteiger partial charge on any atom is -0.344 e. The monoisotopic (exact) mass is 422 g/mol. The molecule has 0 spiro atoms. The van der Waals surface area contributed by atoms with Crippen molar-refractivity contribution in [1.82, 2.24) is 15.5 Å². The molecule has 1 heterocycles. The van der Waals surface area contributed by atoms with E-state index in [1.54, 1.807) is 0 Å². The molecule has 2 unspecified atom stereocenters. The predicted octanol–water partition coefficient (Wildman–Crippen LogP) is 4.23. The molecule has 2 N–H and O–H groups in total. The molecule has 0 radical (unpaired) electrons. The standard InChI is InChI=1S/C23H26N4O2S/c1-4-16(3)20(24-19(28)14-17-8-6-5-7-9-17)21(29)25-23-27-26-22(30-23)18-12-10-15(2)11-13-18/h5-13,16,20H,4,14H2,1-3H3,(H,24,28)(H,25,27,29). The third-order valence-electron chi connectivity index (χ3n) is 4.97. The van der Waals surface area contributed by atoms with Crippen LogP contribution in [0.1, 0.15) is 31.4 Å². The Morgan fingerprint density at radius 2 is 1.73 bits per heavy atom. The van der Waals surface area contributed by atoms with Gasteiger partial charge in [0.25, 0.3) is 0 Å². The molecule has 3 rings (SSSR count). The summed E-state index contributed by atoms with van der Waals surface area (Å²) in [6.45, 7) is 5.97. The fraction of sp³-hybridized carbons (Fsp3) is 0.304. The Morgan fingerprint density at radius 1 is 1.03 bits per heavy atom.